The summed E-state index contributed by atoms with van der Waals surface area (Å²) < 4.78 is 50.6. The smallest absolute Gasteiger partial charge is 0.405 e. The highest BCUT2D eigenvalue weighted by Crippen LogP contribution is 2.44. The largest absolute Gasteiger partial charge is 0.494 e. The molecule has 37 heavy (non-hydrogen) atoms. The molecular weight excluding hydrogens is 491 g/mol. The summed E-state index contributed by atoms with van der Waals surface area (Å²) in [4.78, 5) is 20.6. The molecule has 2 aromatic carbocycles. The molecule has 2 aromatic rings. The van der Waals surface area contributed by atoms with Gasteiger partial charge >= 0.3 is 6.18 Å². The molecule has 0 aliphatic carbocycles. The molecule has 196 valence electrons. The van der Waals surface area contributed by atoms with Crippen molar-refractivity contribution >= 4 is 11.8 Å². The highest BCUT2D eigenvalue weighted by atomic mass is 19.4. The van der Waals surface area contributed by atoms with Crippen LogP contribution in [0.1, 0.15) is 35.6 Å². The summed E-state index contributed by atoms with van der Waals surface area (Å²) in [6.45, 7) is 2.39. The Morgan fingerprint density at radius 1 is 1.30 bits per heavy atom. The Labute approximate surface area is 211 Å². The van der Waals surface area contributed by atoms with Crippen molar-refractivity contribution in [1.29, 1.82) is 0 Å². The maximum Gasteiger partial charge on any atom is 0.405 e. The molecule has 2 atom stereocenters. The minimum atomic E-state index is -4.63. The molecule has 0 radical (unpaired) electrons. The highest BCUT2D eigenvalue weighted by Gasteiger charge is 2.53. The molecule has 0 saturated heterocycles. The molecule has 0 bridgehead atoms. The fourth-order valence-electron chi connectivity index (χ4n) is 3.89. The van der Waals surface area contributed by atoms with Crippen LogP contribution < -0.4 is 10.1 Å². The summed E-state index contributed by atoms with van der Waals surface area (Å²) in [5.41, 5.74) is 8.44. The van der Waals surface area contributed by atoms with Gasteiger partial charge in [-0.1, -0.05) is 35.5 Å². The Bertz CT molecular complexity index is 1180. The molecule has 0 saturated carbocycles. The van der Waals surface area contributed by atoms with E-state index in [-0.39, 0.29) is 25.5 Å². The molecule has 9 nitrogen and oxygen atoms in total. The van der Waals surface area contributed by atoms with E-state index in [1.165, 1.54) is 6.08 Å². The van der Waals surface area contributed by atoms with Crippen LogP contribution in [-0.4, -0.2) is 48.4 Å². The maximum absolute atomic E-state index is 13.3. The summed E-state index contributed by atoms with van der Waals surface area (Å²) in [5.74, 6) is -0.394. The topological polar surface area (TPSA) is 129 Å². The molecule has 0 spiro atoms. The number of alkyl halides is 3. The number of carbonyl (C=O) groups is 1. The van der Waals surface area contributed by atoms with Gasteiger partial charge in [-0.2, -0.15) is 13.2 Å². The number of amides is 1. The van der Waals surface area contributed by atoms with Gasteiger partial charge in [-0.15, -0.1) is 6.58 Å². The van der Waals surface area contributed by atoms with E-state index in [9.17, 15) is 18.0 Å². The van der Waals surface area contributed by atoms with Crippen LogP contribution in [0.5, 0.6) is 5.75 Å². The van der Waals surface area contributed by atoms with Crippen molar-refractivity contribution in [2.24, 2.45) is 10.1 Å². The Kier molecular flexibility index (Phi) is 9.15. The molecule has 1 aliphatic rings. The number of halogens is 3. The number of azide groups is 1. The minimum absolute atomic E-state index is 0.00689. The normalized spacial score (nSPS) is 18.8. The lowest BCUT2D eigenvalue weighted by Crippen LogP contribution is -2.50. The molecule has 0 unspecified atom stereocenters. The van der Waals surface area contributed by atoms with Crippen molar-refractivity contribution in [2.75, 3.05) is 19.8 Å². The molecule has 0 fully saturated rings. The summed E-state index contributed by atoms with van der Waals surface area (Å²) in [5, 5.41) is 14.4. The second-order valence-corrected chi connectivity index (χ2v) is 8.17. The van der Waals surface area contributed by atoms with Crippen molar-refractivity contribution in [3.05, 3.63) is 88.3 Å². The van der Waals surface area contributed by atoms with Crippen LogP contribution in [0.3, 0.4) is 0 Å². The van der Waals surface area contributed by atoms with Gasteiger partial charge < -0.3 is 19.9 Å². The lowest BCUT2D eigenvalue weighted by molar-refractivity contribution is -0.143. The molecule has 12 heteroatoms. The third kappa shape index (κ3) is 6.81. The van der Waals surface area contributed by atoms with E-state index in [1.807, 2.05) is 5.32 Å². The van der Waals surface area contributed by atoms with Gasteiger partial charge in [0.25, 0.3) is 5.91 Å². The summed E-state index contributed by atoms with van der Waals surface area (Å²) in [6.07, 6.45) is -4.02. The zero-order chi connectivity index (χ0) is 26.9. The van der Waals surface area contributed by atoms with Gasteiger partial charge in [0.2, 0.25) is 5.90 Å². The van der Waals surface area contributed by atoms with Gasteiger partial charge in [0.1, 0.15) is 12.3 Å². The van der Waals surface area contributed by atoms with E-state index in [1.54, 1.807) is 48.5 Å². The molecule has 1 heterocycles. The van der Waals surface area contributed by atoms with Crippen LogP contribution in [0.25, 0.3) is 10.4 Å². The first kappa shape index (κ1) is 27.6. The quantitative estimate of drug-likeness (QED) is 0.138. The minimum Gasteiger partial charge on any atom is -0.494 e. The number of hydrogen-bond acceptors (Lipinski definition) is 6. The predicted octanol–water partition coefficient (Wildman–Crippen LogP) is 4.77. The molecule has 3 rings (SSSR count). The van der Waals surface area contributed by atoms with Gasteiger partial charge in [-0.3, -0.25) is 4.79 Å². The first-order valence-electron chi connectivity index (χ1n) is 11.4. The number of benzene rings is 2. The van der Waals surface area contributed by atoms with E-state index < -0.39 is 30.3 Å². The van der Waals surface area contributed by atoms with Crippen molar-refractivity contribution in [3.63, 3.8) is 0 Å². The van der Waals surface area contributed by atoms with Crippen molar-refractivity contribution in [1.82, 2.24) is 5.32 Å². The van der Waals surface area contributed by atoms with E-state index in [0.29, 0.717) is 35.5 Å². The summed E-state index contributed by atoms with van der Waals surface area (Å²) in [7, 11) is 0. The van der Waals surface area contributed by atoms with Gasteiger partial charge in [0.15, 0.2) is 11.6 Å². The summed E-state index contributed by atoms with van der Waals surface area (Å²) in [6, 6.07) is 13.3. The second kappa shape index (κ2) is 12.3. The van der Waals surface area contributed by atoms with E-state index in [4.69, 9.17) is 20.1 Å². The van der Waals surface area contributed by atoms with Crippen LogP contribution in [0, 0.1) is 0 Å². The van der Waals surface area contributed by atoms with E-state index in [2.05, 4.69) is 21.6 Å². The number of aliphatic hydroxyl groups excluding tert-OH is 1. The van der Waals surface area contributed by atoms with Crippen LogP contribution in [0.4, 0.5) is 13.2 Å². The van der Waals surface area contributed by atoms with Crippen molar-refractivity contribution in [2.45, 2.75) is 37.2 Å². The Hall–Kier alpha value is -4.02. The zero-order valence-corrected chi connectivity index (χ0v) is 19.8. The molecule has 1 amide bonds. The van der Waals surface area contributed by atoms with Crippen LogP contribution in [0.15, 0.2) is 71.3 Å². The van der Waals surface area contributed by atoms with Crippen molar-refractivity contribution < 1.29 is 32.5 Å². The van der Waals surface area contributed by atoms with E-state index in [0.717, 1.165) is 0 Å². The lowest BCUT2D eigenvalue weighted by atomic mass is 9.82. The van der Waals surface area contributed by atoms with E-state index >= 15 is 0 Å². The number of nitrogens with zero attached hydrogens (tertiary/aromatic N) is 4. The predicted molar refractivity (Wildman–Crippen MR) is 130 cm³/mol. The van der Waals surface area contributed by atoms with Crippen LogP contribution in [-0.2, 0) is 16.1 Å². The number of hydrogen-bond donors (Lipinski definition) is 2. The third-order valence-corrected chi connectivity index (χ3v) is 5.58. The van der Waals surface area contributed by atoms with Gasteiger partial charge in [0, 0.05) is 29.9 Å². The zero-order valence-electron chi connectivity index (χ0n) is 19.8. The maximum atomic E-state index is 13.3. The third-order valence-electron chi connectivity index (χ3n) is 5.58. The van der Waals surface area contributed by atoms with Crippen LogP contribution in [0.2, 0.25) is 0 Å². The molecule has 2 N–H and O–H groups in total. The number of ether oxygens (including phenoxy) is 2. The lowest BCUT2D eigenvalue weighted by Gasteiger charge is -2.31. The monoisotopic (exact) mass is 517 g/mol. The Morgan fingerprint density at radius 2 is 2.03 bits per heavy atom. The van der Waals surface area contributed by atoms with Gasteiger partial charge in [0.05, 0.1) is 13.2 Å². The average molecular weight is 518 g/mol. The number of aliphatic hydroxyl groups is 1. The number of rotatable bonds is 12. The number of nitrogens with one attached hydrogen (secondary N) is 1. The summed E-state index contributed by atoms with van der Waals surface area (Å²) >= 11 is 0. The first-order chi connectivity index (χ1) is 17.7. The fraction of sp³-hybridized carbons (Fsp3) is 0.360. The Morgan fingerprint density at radius 3 is 2.68 bits per heavy atom. The average Bonchev–Trinajstić information content (AvgIpc) is 3.27. The van der Waals surface area contributed by atoms with Crippen LogP contribution >= 0.6 is 0 Å². The van der Waals surface area contributed by atoms with Crippen molar-refractivity contribution in [3.8, 4) is 5.75 Å². The van der Waals surface area contributed by atoms with Gasteiger partial charge in [-0.05, 0) is 40.9 Å². The molecule has 1 aliphatic heterocycles. The molecular formula is C25H26F3N5O4. The molecule has 0 aromatic heterocycles. The Balaban J connectivity index is 2.05. The SMILES string of the molecule is C=CC[C@@]1(C(=O)NCC(F)(F)F)N=C(c2ccc(OCCCO)cc2)O[C@@H]1c1ccccc1CN=[N+]=[N-]. The first-order valence-corrected chi connectivity index (χ1v) is 11.4. The number of aliphatic imine (C=N–C) groups is 1. The standard InChI is InChI=1S/C25H26F3N5O4/c1-2-12-24(23(35)30-16-25(26,27)28)21(20-7-4-3-6-18(20)15-31-33-29)37-22(32-24)17-8-10-19(11-9-17)36-14-5-13-34/h2-4,6-11,21,34H,1,5,12-16H2,(H,30,35)/t21-,24-/m1/s1. The van der Waals surface area contributed by atoms with Gasteiger partial charge in [-0.25, -0.2) is 4.99 Å². The second-order valence-electron chi connectivity index (χ2n) is 8.17. The number of carbonyl (C=O) groups excluding carboxylic acids is 1. The highest BCUT2D eigenvalue weighted by molar-refractivity contribution is 6.01. The fourth-order valence-corrected chi connectivity index (χ4v) is 3.89.